The first-order valence-corrected chi connectivity index (χ1v) is 6.20. The molecule has 0 spiro atoms. The van der Waals surface area contributed by atoms with Gasteiger partial charge in [-0.05, 0) is 38.3 Å². The highest BCUT2D eigenvalue weighted by atomic mass is 16.3. The molecule has 1 aromatic carbocycles. The molecule has 0 fully saturated rings. The zero-order chi connectivity index (χ0) is 13.6. The third kappa shape index (κ3) is 4.75. The molecule has 0 saturated carbocycles. The number of nitrogens with one attached hydrogen (secondary N) is 1. The topological polar surface area (TPSA) is 75.3 Å². The van der Waals surface area contributed by atoms with Gasteiger partial charge in [0.05, 0.1) is 0 Å². The first kappa shape index (κ1) is 14.5. The molecule has 1 amide bonds. The molecule has 0 unspecified atom stereocenters. The molecule has 0 radical (unpaired) electrons. The van der Waals surface area contributed by atoms with Crippen molar-refractivity contribution in [3.63, 3.8) is 0 Å². The van der Waals surface area contributed by atoms with Crippen LogP contribution in [-0.2, 0) is 11.2 Å². The zero-order valence-electron chi connectivity index (χ0n) is 11.1. The van der Waals surface area contributed by atoms with E-state index in [1.165, 1.54) is 0 Å². The number of amides is 1. The fraction of sp³-hybridized carbons (Fsp3) is 0.500. The van der Waals surface area contributed by atoms with Crippen molar-refractivity contribution >= 4 is 11.6 Å². The Labute approximate surface area is 108 Å². The van der Waals surface area contributed by atoms with E-state index in [0.717, 1.165) is 11.3 Å². The molecule has 4 heteroatoms. The Bertz CT molecular complexity index is 403. The molecule has 1 rings (SSSR count). The standard InChI is InChI=1S/C14H22N2O2/c1-14(2,9-10-17)16-13(18)8-7-11-5-3-4-6-12(11)15/h3-6,17H,7-10,15H2,1-2H3,(H,16,18). The highest BCUT2D eigenvalue weighted by Gasteiger charge is 2.19. The summed E-state index contributed by atoms with van der Waals surface area (Å²) >= 11 is 0. The van der Waals surface area contributed by atoms with Gasteiger partial charge in [0.15, 0.2) is 0 Å². The minimum Gasteiger partial charge on any atom is -0.399 e. The number of carbonyl (C=O) groups excluding carboxylic acids is 1. The molecule has 0 atom stereocenters. The lowest BCUT2D eigenvalue weighted by Crippen LogP contribution is -2.44. The van der Waals surface area contributed by atoms with E-state index >= 15 is 0 Å². The minimum absolute atomic E-state index is 0.0169. The summed E-state index contributed by atoms with van der Waals surface area (Å²) in [5.41, 5.74) is 7.17. The lowest BCUT2D eigenvalue weighted by Gasteiger charge is -2.25. The number of hydrogen-bond donors (Lipinski definition) is 3. The van der Waals surface area contributed by atoms with E-state index in [2.05, 4.69) is 5.32 Å². The second-order valence-corrected chi connectivity index (χ2v) is 5.10. The second-order valence-electron chi connectivity index (χ2n) is 5.10. The molecule has 18 heavy (non-hydrogen) atoms. The van der Waals surface area contributed by atoms with Crippen LogP contribution in [0.5, 0.6) is 0 Å². The average Bonchev–Trinajstić information content (AvgIpc) is 2.27. The van der Waals surface area contributed by atoms with Gasteiger partial charge in [0.25, 0.3) is 0 Å². The fourth-order valence-corrected chi connectivity index (χ4v) is 1.79. The molecule has 0 aliphatic carbocycles. The Morgan fingerprint density at radius 2 is 2.06 bits per heavy atom. The van der Waals surface area contributed by atoms with E-state index in [4.69, 9.17) is 10.8 Å². The number of aliphatic hydroxyl groups excluding tert-OH is 1. The van der Waals surface area contributed by atoms with Crippen LogP contribution in [0.2, 0.25) is 0 Å². The van der Waals surface area contributed by atoms with Crippen molar-refractivity contribution in [1.29, 1.82) is 0 Å². The quantitative estimate of drug-likeness (QED) is 0.669. The van der Waals surface area contributed by atoms with Crippen molar-refractivity contribution in [2.45, 2.75) is 38.6 Å². The largest absolute Gasteiger partial charge is 0.399 e. The van der Waals surface area contributed by atoms with Crippen molar-refractivity contribution < 1.29 is 9.90 Å². The maximum absolute atomic E-state index is 11.8. The van der Waals surface area contributed by atoms with Gasteiger partial charge < -0.3 is 16.2 Å². The Hall–Kier alpha value is -1.55. The molecule has 0 aromatic heterocycles. The highest BCUT2D eigenvalue weighted by molar-refractivity contribution is 5.77. The van der Waals surface area contributed by atoms with E-state index in [0.29, 0.717) is 19.3 Å². The van der Waals surface area contributed by atoms with Crippen LogP contribution in [0.4, 0.5) is 5.69 Å². The van der Waals surface area contributed by atoms with Crippen LogP contribution in [0.15, 0.2) is 24.3 Å². The van der Waals surface area contributed by atoms with E-state index in [1.807, 2.05) is 38.1 Å². The maximum Gasteiger partial charge on any atom is 0.220 e. The van der Waals surface area contributed by atoms with Crippen LogP contribution in [0, 0.1) is 0 Å². The summed E-state index contributed by atoms with van der Waals surface area (Å²) in [6.45, 7) is 3.87. The van der Waals surface area contributed by atoms with Gasteiger partial charge in [-0.15, -0.1) is 0 Å². The van der Waals surface area contributed by atoms with Gasteiger partial charge in [0.2, 0.25) is 5.91 Å². The monoisotopic (exact) mass is 250 g/mol. The predicted molar refractivity (Wildman–Crippen MR) is 73.1 cm³/mol. The third-order valence-electron chi connectivity index (χ3n) is 2.89. The van der Waals surface area contributed by atoms with Crippen molar-refractivity contribution in [1.82, 2.24) is 5.32 Å². The maximum atomic E-state index is 11.8. The Balaban J connectivity index is 2.45. The summed E-state index contributed by atoms with van der Waals surface area (Å²) in [4.78, 5) is 11.8. The van der Waals surface area contributed by atoms with Crippen molar-refractivity contribution in [3.8, 4) is 0 Å². The lowest BCUT2D eigenvalue weighted by atomic mass is 10.0. The van der Waals surface area contributed by atoms with Crippen LogP contribution in [0.25, 0.3) is 0 Å². The first-order chi connectivity index (χ1) is 8.44. The number of carbonyl (C=O) groups is 1. The smallest absolute Gasteiger partial charge is 0.220 e. The van der Waals surface area contributed by atoms with Gasteiger partial charge >= 0.3 is 0 Å². The molecule has 0 aliphatic heterocycles. The van der Waals surface area contributed by atoms with Crippen LogP contribution >= 0.6 is 0 Å². The number of anilines is 1. The summed E-state index contributed by atoms with van der Waals surface area (Å²) in [7, 11) is 0. The average molecular weight is 250 g/mol. The van der Waals surface area contributed by atoms with Crippen LogP contribution in [0.1, 0.15) is 32.3 Å². The molecule has 1 aromatic rings. The number of benzene rings is 1. The Kier molecular flexibility index (Phi) is 5.16. The molecule has 0 aliphatic rings. The van der Waals surface area contributed by atoms with E-state index in [-0.39, 0.29) is 18.1 Å². The van der Waals surface area contributed by atoms with Crippen molar-refractivity contribution in [3.05, 3.63) is 29.8 Å². The number of para-hydroxylation sites is 1. The van der Waals surface area contributed by atoms with Crippen LogP contribution in [-0.4, -0.2) is 23.2 Å². The number of hydrogen-bond acceptors (Lipinski definition) is 3. The minimum atomic E-state index is -0.367. The number of aryl methyl sites for hydroxylation is 1. The third-order valence-corrected chi connectivity index (χ3v) is 2.89. The van der Waals surface area contributed by atoms with E-state index in [9.17, 15) is 4.79 Å². The Morgan fingerprint density at radius 1 is 1.39 bits per heavy atom. The predicted octanol–water partition coefficient (Wildman–Crippen LogP) is 1.48. The summed E-state index contributed by atoms with van der Waals surface area (Å²) in [6.07, 6.45) is 1.59. The van der Waals surface area contributed by atoms with Gasteiger partial charge in [-0.2, -0.15) is 0 Å². The molecule has 4 nitrogen and oxygen atoms in total. The Morgan fingerprint density at radius 3 is 2.67 bits per heavy atom. The van der Waals surface area contributed by atoms with Gasteiger partial charge in [0.1, 0.15) is 0 Å². The number of aliphatic hydroxyl groups is 1. The zero-order valence-corrected chi connectivity index (χ0v) is 11.1. The normalized spacial score (nSPS) is 11.3. The summed E-state index contributed by atoms with van der Waals surface area (Å²) < 4.78 is 0. The molecular formula is C14H22N2O2. The lowest BCUT2D eigenvalue weighted by molar-refractivity contribution is -0.122. The van der Waals surface area contributed by atoms with Crippen LogP contribution < -0.4 is 11.1 Å². The second kappa shape index (κ2) is 6.40. The van der Waals surface area contributed by atoms with Crippen LogP contribution in [0.3, 0.4) is 0 Å². The van der Waals surface area contributed by atoms with Crippen molar-refractivity contribution in [2.75, 3.05) is 12.3 Å². The number of rotatable bonds is 6. The molecule has 0 heterocycles. The van der Waals surface area contributed by atoms with Gasteiger partial charge in [-0.25, -0.2) is 0 Å². The van der Waals surface area contributed by atoms with Gasteiger partial charge in [0, 0.05) is 24.3 Å². The summed E-state index contributed by atoms with van der Waals surface area (Å²) in [6, 6.07) is 7.56. The van der Waals surface area contributed by atoms with Crippen molar-refractivity contribution in [2.24, 2.45) is 0 Å². The molecule has 0 saturated heterocycles. The molecule has 4 N–H and O–H groups in total. The summed E-state index contributed by atoms with van der Waals surface area (Å²) in [5, 5.41) is 11.8. The van der Waals surface area contributed by atoms with Gasteiger partial charge in [-0.3, -0.25) is 4.79 Å². The number of nitrogens with two attached hydrogens (primary N) is 1. The van der Waals surface area contributed by atoms with Gasteiger partial charge in [-0.1, -0.05) is 18.2 Å². The molecule has 100 valence electrons. The SMILES string of the molecule is CC(C)(CCO)NC(=O)CCc1ccccc1N. The summed E-state index contributed by atoms with van der Waals surface area (Å²) in [5.74, 6) is -0.0169. The van der Waals surface area contributed by atoms with E-state index < -0.39 is 0 Å². The van der Waals surface area contributed by atoms with E-state index in [1.54, 1.807) is 0 Å². The fourth-order valence-electron chi connectivity index (χ4n) is 1.79. The highest BCUT2D eigenvalue weighted by Crippen LogP contribution is 2.13. The molecular weight excluding hydrogens is 228 g/mol. The first-order valence-electron chi connectivity index (χ1n) is 6.20. The molecule has 0 bridgehead atoms. The number of nitrogen functional groups attached to an aromatic ring is 1.